The molecule has 0 radical (unpaired) electrons. The molecule has 0 fully saturated rings. The molecule has 2 heterocycles. The summed E-state index contributed by atoms with van der Waals surface area (Å²) in [6.07, 6.45) is 2.52. The number of benzene rings is 10. The van der Waals surface area contributed by atoms with Gasteiger partial charge in [0, 0.05) is 11.4 Å². The Balaban J connectivity index is 0.829. The van der Waals surface area contributed by atoms with E-state index in [0.29, 0.717) is 23.0 Å². The number of fused-ring (bicyclic) bond motifs is 4. The van der Waals surface area contributed by atoms with Crippen LogP contribution in [0.25, 0.3) is 55.2 Å². The predicted octanol–water partition coefficient (Wildman–Crippen LogP) is 14.0. The van der Waals surface area contributed by atoms with E-state index in [1.54, 1.807) is 24.3 Å². The third-order valence-electron chi connectivity index (χ3n) is 12.4. The van der Waals surface area contributed by atoms with E-state index in [4.69, 9.17) is 18.9 Å². The third-order valence-corrected chi connectivity index (χ3v) is 14.3. The van der Waals surface area contributed by atoms with E-state index in [0.717, 1.165) is 55.2 Å². The largest absolute Gasteiger partial charge is 0.424 e. The summed E-state index contributed by atoms with van der Waals surface area (Å²) in [6, 6.07) is 60.1. The normalized spacial score (nSPS) is 11.8. The van der Waals surface area contributed by atoms with Crippen molar-refractivity contribution < 1.29 is 44.9 Å². The van der Waals surface area contributed by atoms with E-state index in [-0.39, 0.29) is 58.4 Å². The van der Waals surface area contributed by atoms with E-state index < -0.39 is 30.0 Å². The highest BCUT2D eigenvalue weighted by Crippen LogP contribution is 2.34. The van der Waals surface area contributed by atoms with Crippen molar-refractivity contribution in [1.82, 2.24) is 29.9 Å². The minimum Gasteiger partial charge on any atom is -0.424 e. The SMILES string of the molecule is O=S(=O)(O)c1cc(Nc2nc(Oc3ccc4ccccc4c3)nc(Oc3ccc4ccccc4c3)n2)ccc1C=Cc1ccc(Nc2nc(Oc3ccc4ccccc4c3)nc(Oc3ccc4ccccc4c3)n2)cc1S(=O)(=O)O. The van der Waals surface area contributed by atoms with Crippen LogP contribution in [0.15, 0.2) is 216 Å². The lowest BCUT2D eigenvalue weighted by Crippen LogP contribution is -2.06. The Morgan fingerprint density at radius 3 is 0.875 bits per heavy atom. The molecule has 20 heteroatoms. The van der Waals surface area contributed by atoms with Gasteiger partial charge < -0.3 is 29.6 Å². The molecule has 12 aromatic rings. The summed E-state index contributed by atoms with van der Waals surface area (Å²) in [5, 5.41) is 13.5. The topological polar surface area (TPSA) is 247 Å². The van der Waals surface area contributed by atoms with Crippen molar-refractivity contribution >= 4 is 98.7 Å². The van der Waals surface area contributed by atoms with Crippen LogP contribution in [0.4, 0.5) is 23.3 Å². The molecule has 18 nitrogen and oxygen atoms in total. The molecular formula is C60H40N8O10S2. The van der Waals surface area contributed by atoms with Gasteiger partial charge in [0.25, 0.3) is 20.2 Å². The van der Waals surface area contributed by atoms with Crippen LogP contribution in [-0.2, 0) is 20.2 Å². The molecule has 392 valence electrons. The molecule has 0 saturated heterocycles. The molecule has 0 aliphatic heterocycles. The Morgan fingerprint density at radius 1 is 0.325 bits per heavy atom. The smallest absolute Gasteiger partial charge is 0.330 e. The van der Waals surface area contributed by atoms with Crippen molar-refractivity contribution in [2.24, 2.45) is 0 Å². The Hall–Kier alpha value is -10.4. The van der Waals surface area contributed by atoms with Crippen molar-refractivity contribution in [3.05, 3.63) is 217 Å². The maximum absolute atomic E-state index is 13.0. The number of rotatable bonds is 16. The highest BCUT2D eigenvalue weighted by molar-refractivity contribution is 7.86. The maximum Gasteiger partial charge on any atom is 0.330 e. The summed E-state index contributed by atoms with van der Waals surface area (Å²) >= 11 is 0. The first-order chi connectivity index (χ1) is 38.8. The Kier molecular flexibility index (Phi) is 13.4. The van der Waals surface area contributed by atoms with Gasteiger partial charge in [-0.2, -0.15) is 36.8 Å². The minimum absolute atomic E-state index is 0.0547. The van der Waals surface area contributed by atoms with Crippen LogP contribution in [0.1, 0.15) is 11.1 Å². The number of hydrogen-bond donors (Lipinski definition) is 4. The number of anilines is 4. The van der Waals surface area contributed by atoms with Gasteiger partial charge in [-0.1, -0.05) is 146 Å². The van der Waals surface area contributed by atoms with Crippen molar-refractivity contribution in [3.63, 3.8) is 0 Å². The summed E-state index contributed by atoms with van der Waals surface area (Å²) in [4.78, 5) is 25.5. The van der Waals surface area contributed by atoms with E-state index >= 15 is 0 Å². The quantitative estimate of drug-likeness (QED) is 0.0519. The van der Waals surface area contributed by atoms with E-state index in [2.05, 4.69) is 40.5 Å². The van der Waals surface area contributed by atoms with Gasteiger partial charge in [0.1, 0.15) is 32.8 Å². The van der Waals surface area contributed by atoms with E-state index in [9.17, 15) is 25.9 Å². The molecule has 0 atom stereocenters. The highest BCUT2D eigenvalue weighted by atomic mass is 32.2. The van der Waals surface area contributed by atoms with Gasteiger partial charge in [-0.05, 0) is 127 Å². The molecule has 4 N–H and O–H groups in total. The van der Waals surface area contributed by atoms with Crippen molar-refractivity contribution in [2.75, 3.05) is 10.6 Å². The standard InChI is InChI=1S/C60H40N8O10S2/c69-79(70,71)53-35-47(61-55-63-57(75-49-27-21-37-9-1-5-13-43(37)31-49)67-58(64-55)76-50-28-22-38-10-2-6-14-44(38)32-50)25-19-41(53)17-18-42-20-26-48(36-54(42)80(72,73)74)62-56-65-59(77-51-29-23-39-11-3-7-15-45(39)33-51)68-60(66-56)78-52-30-24-40-12-4-8-16-46(40)34-52/h1-36H,(H,69,70,71)(H,72,73,74)(H,61,63,64,67)(H,62,65,66,68). The lowest BCUT2D eigenvalue weighted by Gasteiger charge is -2.13. The van der Waals surface area contributed by atoms with Crippen molar-refractivity contribution in [3.8, 4) is 47.0 Å². The molecule has 0 unspecified atom stereocenters. The second-order valence-electron chi connectivity index (χ2n) is 17.9. The molecule has 80 heavy (non-hydrogen) atoms. The molecule has 2 aromatic heterocycles. The van der Waals surface area contributed by atoms with Crippen LogP contribution >= 0.6 is 0 Å². The van der Waals surface area contributed by atoms with Gasteiger partial charge in [0.05, 0.1) is 0 Å². The number of nitrogens with zero attached hydrogens (tertiary/aromatic N) is 6. The first-order valence-corrected chi connectivity index (χ1v) is 27.3. The molecule has 0 saturated carbocycles. The van der Waals surface area contributed by atoms with Crippen LogP contribution in [0, 0.1) is 0 Å². The van der Waals surface area contributed by atoms with Crippen LogP contribution in [0.5, 0.6) is 47.0 Å². The van der Waals surface area contributed by atoms with Gasteiger partial charge >= 0.3 is 24.0 Å². The number of hydrogen-bond acceptors (Lipinski definition) is 16. The Morgan fingerprint density at radius 2 is 0.600 bits per heavy atom. The Bertz CT molecular complexity index is 4170. The van der Waals surface area contributed by atoms with Crippen LogP contribution < -0.4 is 29.6 Å². The predicted molar refractivity (Wildman–Crippen MR) is 304 cm³/mol. The van der Waals surface area contributed by atoms with Gasteiger partial charge in [-0.25, -0.2) is 0 Å². The molecule has 10 aromatic carbocycles. The Labute approximate surface area is 456 Å². The fourth-order valence-electron chi connectivity index (χ4n) is 8.70. The van der Waals surface area contributed by atoms with Crippen LogP contribution in [0.3, 0.4) is 0 Å². The zero-order chi connectivity index (χ0) is 54.8. The van der Waals surface area contributed by atoms with Crippen molar-refractivity contribution in [2.45, 2.75) is 9.79 Å². The molecule has 0 aliphatic rings. The molecule has 0 bridgehead atoms. The lowest BCUT2D eigenvalue weighted by molar-refractivity contribution is 0.398. The summed E-state index contributed by atoms with van der Waals surface area (Å²) in [5.41, 5.74) is 0.110. The summed E-state index contributed by atoms with van der Waals surface area (Å²) < 4.78 is 97.5. The first kappa shape index (κ1) is 50.4. The van der Waals surface area contributed by atoms with Crippen LogP contribution in [-0.4, -0.2) is 55.8 Å². The summed E-state index contributed by atoms with van der Waals surface area (Å²) in [6.45, 7) is 0. The zero-order valence-electron chi connectivity index (χ0n) is 41.4. The molecule has 0 amide bonds. The summed E-state index contributed by atoms with van der Waals surface area (Å²) in [7, 11) is -9.89. The van der Waals surface area contributed by atoms with E-state index in [1.165, 1.54) is 36.4 Å². The molecule has 0 aliphatic carbocycles. The second-order valence-corrected chi connectivity index (χ2v) is 20.7. The maximum atomic E-state index is 13.0. The van der Waals surface area contributed by atoms with Crippen LogP contribution in [0.2, 0.25) is 0 Å². The number of nitrogens with one attached hydrogen (secondary N) is 2. The highest BCUT2D eigenvalue weighted by Gasteiger charge is 2.21. The van der Waals surface area contributed by atoms with Gasteiger partial charge in [-0.3, -0.25) is 9.11 Å². The van der Waals surface area contributed by atoms with Crippen molar-refractivity contribution in [1.29, 1.82) is 0 Å². The third kappa shape index (κ3) is 11.6. The average Bonchev–Trinajstić information content (AvgIpc) is 3.45. The van der Waals surface area contributed by atoms with Gasteiger partial charge in [-0.15, -0.1) is 9.97 Å². The first-order valence-electron chi connectivity index (χ1n) is 24.4. The van der Waals surface area contributed by atoms with Gasteiger partial charge in [0.2, 0.25) is 11.9 Å². The fraction of sp³-hybridized carbons (Fsp3) is 0. The lowest BCUT2D eigenvalue weighted by atomic mass is 10.1. The number of aromatic nitrogens is 6. The minimum atomic E-state index is -4.94. The van der Waals surface area contributed by atoms with E-state index in [1.807, 2.05) is 146 Å². The fourth-order valence-corrected chi connectivity index (χ4v) is 10.1. The molecule has 0 spiro atoms. The zero-order valence-corrected chi connectivity index (χ0v) is 43.1. The number of ether oxygens (including phenoxy) is 4. The monoisotopic (exact) mass is 1100 g/mol. The molecular weight excluding hydrogens is 1060 g/mol. The average molecular weight is 1100 g/mol. The molecule has 12 rings (SSSR count). The summed E-state index contributed by atoms with van der Waals surface area (Å²) in [5.74, 6) is 1.46. The van der Waals surface area contributed by atoms with Gasteiger partial charge in [0.15, 0.2) is 0 Å². The second kappa shape index (κ2) is 21.2.